The van der Waals surface area contributed by atoms with E-state index in [1.54, 1.807) is 24.3 Å². The number of rotatable bonds is 5. The number of nitro benzene ring substituents is 1. The Morgan fingerprint density at radius 3 is 2.77 bits per heavy atom. The van der Waals surface area contributed by atoms with Gasteiger partial charge < -0.3 is 10.1 Å². The zero-order valence-corrected chi connectivity index (χ0v) is 13.3. The van der Waals surface area contributed by atoms with Crippen LogP contribution < -0.4 is 10.1 Å². The summed E-state index contributed by atoms with van der Waals surface area (Å²) >= 11 is 3.26. The van der Waals surface area contributed by atoms with E-state index < -0.39 is 4.92 Å². The van der Waals surface area contributed by atoms with Crippen molar-refractivity contribution in [2.75, 3.05) is 11.9 Å². The molecule has 2 aromatic rings. The van der Waals surface area contributed by atoms with Crippen LogP contribution in [-0.4, -0.2) is 17.4 Å². The normalized spacial score (nSPS) is 10.1. The van der Waals surface area contributed by atoms with Crippen molar-refractivity contribution in [2.24, 2.45) is 0 Å². The maximum Gasteiger partial charge on any atom is 0.271 e. The zero-order valence-electron chi connectivity index (χ0n) is 11.7. The van der Waals surface area contributed by atoms with Crippen LogP contribution in [0.15, 0.2) is 46.9 Å². The topological polar surface area (TPSA) is 81.5 Å². The van der Waals surface area contributed by atoms with Crippen molar-refractivity contribution in [2.45, 2.75) is 6.92 Å². The number of benzene rings is 2. The summed E-state index contributed by atoms with van der Waals surface area (Å²) < 4.78 is 5.91. The third kappa shape index (κ3) is 3.82. The lowest BCUT2D eigenvalue weighted by molar-refractivity contribution is -0.384. The lowest BCUT2D eigenvalue weighted by Crippen LogP contribution is -2.12. The van der Waals surface area contributed by atoms with Gasteiger partial charge in [-0.05, 0) is 47.1 Å². The number of anilines is 1. The van der Waals surface area contributed by atoms with E-state index >= 15 is 0 Å². The molecule has 2 rings (SSSR count). The summed E-state index contributed by atoms with van der Waals surface area (Å²) in [5, 5.41) is 13.4. The van der Waals surface area contributed by atoms with E-state index in [9.17, 15) is 14.9 Å². The van der Waals surface area contributed by atoms with E-state index in [-0.39, 0.29) is 11.6 Å². The maximum atomic E-state index is 12.2. The summed E-state index contributed by atoms with van der Waals surface area (Å²) in [6.07, 6.45) is 0. The molecule has 22 heavy (non-hydrogen) atoms. The van der Waals surface area contributed by atoms with E-state index in [0.717, 1.165) is 0 Å². The molecule has 0 bridgehead atoms. The number of nitrogens with one attached hydrogen (secondary N) is 1. The van der Waals surface area contributed by atoms with Crippen molar-refractivity contribution in [3.05, 3.63) is 62.6 Å². The van der Waals surface area contributed by atoms with Crippen LogP contribution in [0.5, 0.6) is 5.75 Å². The lowest BCUT2D eigenvalue weighted by atomic mass is 10.2. The lowest BCUT2D eigenvalue weighted by Gasteiger charge is -2.09. The number of carbonyl (C=O) groups is 1. The predicted octanol–water partition coefficient (Wildman–Crippen LogP) is 4.01. The molecule has 0 saturated carbocycles. The Hall–Kier alpha value is -2.41. The highest BCUT2D eigenvalue weighted by Gasteiger charge is 2.13. The predicted molar refractivity (Wildman–Crippen MR) is 86.4 cm³/mol. The van der Waals surface area contributed by atoms with E-state index in [0.29, 0.717) is 28.1 Å². The van der Waals surface area contributed by atoms with Crippen LogP contribution in [-0.2, 0) is 0 Å². The Morgan fingerprint density at radius 2 is 2.09 bits per heavy atom. The molecule has 0 atom stereocenters. The molecule has 0 spiro atoms. The van der Waals surface area contributed by atoms with Gasteiger partial charge in [0.25, 0.3) is 11.6 Å². The SMILES string of the molecule is CCOc1cccc(C(=O)Nc2cc([N+](=O)[O-])ccc2Br)c1. The molecule has 0 aromatic heterocycles. The Balaban J connectivity index is 2.23. The van der Waals surface area contributed by atoms with Crippen molar-refractivity contribution in [3.8, 4) is 5.75 Å². The molecule has 0 unspecified atom stereocenters. The number of ether oxygens (including phenoxy) is 1. The van der Waals surface area contributed by atoms with Gasteiger partial charge in [0.2, 0.25) is 0 Å². The zero-order chi connectivity index (χ0) is 16.1. The Bertz CT molecular complexity index is 718. The molecule has 0 aliphatic heterocycles. The molecule has 2 aromatic carbocycles. The third-order valence-electron chi connectivity index (χ3n) is 2.82. The first-order valence-electron chi connectivity index (χ1n) is 6.49. The molecule has 0 saturated heterocycles. The van der Waals surface area contributed by atoms with Crippen LogP contribution in [0.4, 0.5) is 11.4 Å². The average molecular weight is 365 g/mol. The molecule has 1 N–H and O–H groups in total. The molecule has 0 radical (unpaired) electrons. The van der Waals surface area contributed by atoms with Gasteiger partial charge in [-0.3, -0.25) is 14.9 Å². The molecule has 0 heterocycles. The number of nitro groups is 1. The van der Waals surface area contributed by atoms with Gasteiger partial charge in [-0.15, -0.1) is 0 Å². The monoisotopic (exact) mass is 364 g/mol. The van der Waals surface area contributed by atoms with Crippen LogP contribution in [0, 0.1) is 10.1 Å². The minimum atomic E-state index is -0.516. The molecule has 0 aliphatic carbocycles. The van der Waals surface area contributed by atoms with E-state index in [1.807, 2.05) is 6.92 Å². The highest BCUT2D eigenvalue weighted by atomic mass is 79.9. The summed E-state index contributed by atoms with van der Waals surface area (Å²) in [6.45, 7) is 2.36. The van der Waals surface area contributed by atoms with Gasteiger partial charge in [0.05, 0.1) is 17.2 Å². The van der Waals surface area contributed by atoms with Gasteiger partial charge in [0, 0.05) is 22.2 Å². The highest BCUT2D eigenvalue weighted by Crippen LogP contribution is 2.27. The minimum absolute atomic E-state index is 0.0958. The van der Waals surface area contributed by atoms with Crippen LogP contribution in [0.1, 0.15) is 17.3 Å². The number of hydrogen-bond donors (Lipinski definition) is 1. The van der Waals surface area contributed by atoms with Crippen molar-refractivity contribution in [1.82, 2.24) is 0 Å². The van der Waals surface area contributed by atoms with Crippen LogP contribution in [0.2, 0.25) is 0 Å². The molecule has 0 fully saturated rings. The summed E-state index contributed by atoms with van der Waals surface area (Å²) in [6, 6.07) is 10.9. The van der Waals surface area contributed by atoms with E-state index in [4.69, 9.17) is 4.74 Å². The second kappa shape index (κ2) is 7.04. The average Bonchev–Trinajstić information content (AvgIpc) is 2.50. The summed E-state index contributed by atoms with van der Waals surface area (Å²) in [5.41, 5.74) is 0.645. The van der Waals surface area contributed by atoms with Gasteiger partial charge in [-0.25, -0.2) is 0 Å². The van der Waals surface area contributed by atoms with Crippen molar-refractivity contribution >= 4 is 33.2 Å². The first kappa shape index (κ1) is 16.0. The molecule has 6 nitrogen and oxygen atoms in total. The van der Waals surface area contributed by atoms with Crippen molar-refractivity contribution < 1.29 is 14.5 Å². The third-order valence-corrected chi connectivity index (χ3v) is 3.51. The number of halogens is 1. The Morgan fingerprint density at radius 1 is 1.32 bits per heavy atom. The molecule has 114 valence electrons. The highest BCUT2D eigenvalue weighted by molar-refractivity contribution is 9.10. The van der Waals surface area contributed by atoms with Crippen LogP contribution in [0.3, 0.4) is 0 Å². The standard InChI is InChI=1S/C15H13BrN2O4/c1-2-22-12-5-3-4-10(8-12)15(19)17-14-9-11(18(20)21)6-7-13(14)16/h3-9H,2H2,1H3,(H,17,19). The molecule has 0 aliphatic rings. The number of non-ortho nitro benzene ring substituents is 1. The second-order valence-electron chi connectivity index (χ2n) is 4.34. The number of carbonyl (C=O) groups excluding carboxylic acids is 1. The molecular formula is C15H13BrN2O4. The van der Waals surface area contributed by atoms with Gasteiger partial charge in [0.15, 0.2) is 0 Å². The van der Waals surface area contributed by atoms with Crippen LogP contribution in [0.25, 0.3) is 0 Å². The Kier molecular flexibility index (Phi) is 5.11. The smallest absolute Gasteiger partial charge is 0.271 e. The second-order valence-corrected chi connectivity index (χ2v) is 5.19. The van der Waals surface area contributed by atoms with Crippen molar-refractivity contribution in [3.63, 3.8) is 0 Å². The van der Waals surface area contributed by atoms with Crippen molar-refractivity contribution in [1.29, 1.82) is 0 Å². The number of amides is 1. The quantitative estimate of drug-likeness (QED) is 0.641. The van der Waals surface area contributed by atoms with E-state index in [2.05, 4.69) is 21.2 Å². The van der Waals surface area contributed by atoms with Gasteiger partial charge in [-0.2, -0.15) is 0 Å². The summed E-state index contributed by atoms with van der Waals surface area (Å²) in [4.78, 5) is 22.5. The Labute approximate surface area is 135 Å². The molecule has 7 heteroatoms. The summed E-state index contributed by atoms with van der Waals surface area (Å²) in [7, 11) is 0. The first-order valence-corrected chi connectivity index (χ1v) is 7.28. The molecular weight excluding hydrogens is 352 g/mol. The van der Waals surface area contributed by atoms with Gasteiger partial charge >= 0.3 is 0 Å². The fraction of sp³-hybridized carbons (Fsp3) is 0.133. The fourth-order valence-electron chi connectivity index (χ4n) is 1.81. The van der Waals surface area contributed by atoms with Crippen LogP contribution >= 0.6 is 15.9 Å². The number of hydrogen-bond acceptors (Lipinski definition) is 4. The molecule has 1 amide bonds. The number of nitrogens with zero attached hydrogens (tertiary/aromatic N) is 1. The van der Waals surface area contributed by atoms with E-state index in [1.165, 1.54) is 18.2 Å². The first-order chi connectivity index (χ1) is 10.5. The summed E-state index contributed by atoms with van der Waals surface area (Å²) in [5.74, 6) is 0.219. The minimum Gasteiger partial charge on any atom is -0.494 e. The fourth-order valence-corrected chi connectivity index (χ4v) is 2.16. The maximum absolute atomic E-state index is 12.2. The van der Waals surface area contributed by atoms with Gasteiger partial charge in [0.1, 0.15) is 5.75 Å². The largest absolute Gasteiger partial charge is 0.494 e. The van der Waals surface area contributed by atoms with Gasteiger partial charge in [-0.1, -0.05) is 6.07 Å².